The molecule has 15 heavy (non-hydrogen) atoms. The number of ether oxygens (including phenoxy) is 2. The zero-order valence-electron chi connectivity index (χ0n) is 8.56. The average molecular weight is 229 g/mol. The van der Waals surface area contributed by atoms with Crippen LogP contribution in [0.3, 0.4) is 0 Å². The minimum atomic E-state index is -4.33. The summed E-state index contributed by atoms with van der Waals surface area (Å²) >= 11 is 0. The van der Waals surface area contributed by atoms with E-state index in [2.05, 4.69) is 10.3 Å². The summed E-state index contributed by atoms with van der Waals surface area (Å²) in [6.45, 7) is 2.65. The van der Waals surface area contributed by atoms with Gasteiger partial charge >= 0.3 is 6.18 Å². The van der Waals surface area contributed by atoms with Crippen molar-refractivity contribution in [3.05, 3.63) is 0 Å². The Kier molecular flexibility index (Phi) is 3.93. The van der Waals surface area contributed by atoms with E-state index in [1.165, 1.54) is 0 Å². The molecule has 1 N–H and O–H groups in total. The highest BCUT2D eigenvalue weighted by molar-refractivity contribution is 4.70. The molecule has 0 unspecified atom stereocenters. The normalized spacial score (nSPS) is 23.0. The van der Waals surface area contributed by atoms with Gasteiger partial charge in [-0.2, -0.15) is 18.7 Å². The molecular weight excluding hydrogens is 215 g/mol. The van der Waals surface area contributed by atoms with E-state index in [1.807, 2.05) is 0 Å². The Labute approximate surface area is 85.6 Å². The van der Waals surface area contributed by atoms with Crippen molar-refractivity contribution >= 4 is 0 Å². The molecule has 0 aromatic heterocycles. The van der Waals surface area contributed by atoms with Gasteiger partial charge in [-0.3, -0.25) is 4.84 Å². The van der Waals surface area contributed by atoms with Crippen molar-refractivity contribution in [2.75, 3.05) is 19.8 Å². The number of rotatable bonds is 3. The van der Waals surface area contributed by atoms with Crippen molar-refractivity contribution in [1.82, 2.24) is 5.48 Å². The minimum absolute atomic E-state index is 0.255. The first-order valence-electron chi connectivity index (χ1n) is 4.50. The molecule has 90 valence electrons. The Morgan fingerprint density at radius 2 is 1.87 bits per heavy atom. The smallest absolute Gasteiger partial charge is 0.349 e. The molecule has 0 atom stereocenters. The first-order chi connectivity index (χ1) is 6.79. The molecule has 0 aromatic rings. The van der Waals surface area contributed by atoms with Crippen LogP contribution in [-0.4, -0.2) is 37.8 Å². The van der Waals surface area contributed by atoms with E-state index in [0.717, 1.165) is 0 Å². The van der Waals surface area contributed by atoms with Crippen molar-refractivity contribution in [3.8, 4) is 0 Å². The number of hydroxylamine groups is 1. The number of nitrogens with one attached hydrogen (secondary N) is 1. The molecule has 4 nitrogen and oxygen atoms in total. The third kappa shape index (κ3) is 5.31. The van der Waals surface area contributed by atoms with Gasteiger partial charge in [0.1, 0.15) is 0 Å². The van der Waals surface area contributed by atoms with Crippen LogP contribution in [0.4, 0.5) is 13.2 Å². The number of halogens is 3. The van der Waals surface area contributed by atoms with E-state index in [9.17, 15) is 13.2 Å². The first-order valence-corrected chi connectivity index (χ1v) is 4.50. The zero-order valence-corrected chi connectivity index (χ0v) is 8.56. The standard InChI is InChI=1S/C8H14F3NO3/c1-7(2)13-3-6(4-14-7)12-15-5-8(9,10)11/h6,12H,3-5H2,1-2H3. The van der Waals surface area contributed by atoms with E-state index in [0.29, 0.717) is 0 Å². The quantitative estimate of drug-likeness (QED) is 0.739. The fourth-order valence-corrected chi connectivity index (χ4v) is 1.00. The van der Waals surface area contributed by atoms with Crippen LogP contribution in [-0.2, 0) is 14.3 Å². The molecule has 0 aromatic carbocycles. The summed E-state index contributed by atoms with van der Waals surface area (Å²) in [6, 6.07) is -0.375. The molecule has 1 heterocycles. The van der Waals surface area contributed by atoms with Gasteiger partial charge in [0.2, 0.25) is 0 Å². The Bertz CT molecular complexity index is 198. The molecule has 0 aliphatic carbocycles. The molecular formula is C8H14F3NO3. The minimum Gasteiger partial charge on any atom is -0.349 e. The van der Waals surface area contributed by atoms with Crippen LogP contribution < -0.4 is 5.48 Å². The number of hydrogen-bond acceptors (Lipinski definition) is 4. The second kappa shape index (κ2) is 4.65. The van der Waals surface area contributed by atoms with E-state index in [-0.39, 0.29) is 19.3 Å². The highest BCUT2D eigenvalue weighted by Crippen LogP contribution is 2.17. The molecule has 0 saturated carbocycles. The summed E-state index contributed by atoms with van der Waals surface area (Å²) in [5.74, 6) is -0.678. The third-order valence-electron chi connectivity index (χ3n) is 1.75. The Morgan fingerprint density at radius 1 is 1.33 bits per heavy atom. The van der Waals surface area contributed by atoms with E-state index < -0.39 is 18.6 Å². The molecule has 1 fully saturated rings. The van der Waals surface area contributed by atoms with Gasteiger partial charge in [0, 0.05) is 0 Å². The molecule has 1 aliphatic rings. The maximum Gasteiger partial charge on any atom is 0.413 e. The van der Waals surface area contributed by atoms with Gasteiger partial charge in [0.05, 0.1) is 19.3 Å². The van der Waals surface area contributed by atoms with E-state index in [1.54, 1.807) is 13.8 Å². The highest BCUT2D eigenvalue weighted by Gasteiger charge is 2.31. The van der Waals surface area contributed by atoms with Gasteiger partial charge in [0.15, 0.2) is 12.4 Å². The lowest BCUT2D eigenvalue weighted by Crippen LogP contribution is -2.49. The Hall–Kier alpha value is -0.370. The summed E-state index contributed by atoms with van der Waals surface area (Å²) in [7, 11) is 0. The van der Waals surface area contributed by atoms with Gasteiger partial charge < -0.3 is 9.47 Å². The van der Waals surface area contributed by atoms with Crippen LogP contribution in [0.2, 0.25) is 0 Å². The van der Waals surface area contributed by atoms with Crippen LogP contribution in [0.5, 0.6) is 0 Å². The van der Waals surface area contributed by atoms with Crippen molar-refractivity contribution in [3.63, 3.8) is 0 Å². The fraction of sp³-hybridized carbons (Fsp3) is 1.00. The van der Waals surface area contributed by atoms with Crippen LogP contribution in [0.15, 0.2) is 0 Å². The van der Waals surface area contributed by atoms with E-state index in [4.69, 9.17) is 9.47 Å². The molecule has 1 rings (SSSR count). The van der Waals surface area contributed by atoms with Crippen LogP contribution in [0.25, 0.3) is 0 Å². The predicted octanol–water partition coefficient (Wildman–Crippen LogP) is 1.22. The lowest BCUT2D eigenvalue weighted by atomic mass is 10.3. The molecule has 0 spiro atoms. The largest absolute Gasteiger partial charge is 0.413 e. The summed E-state index contributed by atoms with van der Waals surface area (Å²) in [4.78, 5) is 4.27. The molecule has 0 bridgehead atoms. The van der Waals surface area contributed by atoms with Gasteiger partial charge in [0.25, 0.3) is 0 Å². The second-order valence-electron chi connectivity index (χ2n) is 3.74. The second-order valence-corrected chi connectivity index (χ2v) is 3.74. The lowest BCUT2D eigenvalue weighted by Gasteiger charge is -2.34. The molecule has 1 saturated heterocycles. The van der Waals surface area contributed by atoms with Crippen LogP contribution in [0.1, 0.15) is 13.8 Å². The molecule has 0 radical (unpaired) electrons. The van der Waals surface area contributed by atoms with Gasteiger partial charge in [-0.05, 0) is 13.8 Å². The number of hydrogen-bond donors (Lipinski definition) is 1. The summed E-state index contributed by atoms with van der Waals surface area (Å²) in [5.41, 5.74) is 2.25. The van der Waals surface area contributed by atoms with Gasteiger partial charge in [-0.15, -0.1) is 0 Å². The predicted molar refractivity (Wildman–Crippen MR) is 44.9 cm³/mol. The number of alkyl halides is 3. The Balaban J connectivity index is 2.14. The average Bonchev–Trinajstić information content (AvgIpc) is 2.06. The molecule has 7 heteroatoms. The Morgan fingerprint density at radius 3 is 2.33 bits per heavy atom. The van der Waals surface area contributed by atoms with Gasteiger partial charge in [-0.1, -0.05) is 0 Å². The van der Waals surface area contributed by atoms with Crippen molar-refractivity contribution in [2.45, 2.75) is 31.9 Å². The lowest BCUT2D eigenvalue weighted by molar-refractivity contribution is -0.268. The summed E-state index contributed by atoms with van der Waals surface area (Å²) in [6.07, 6.45) is -4.33. The molecule has 0 amide bonds. The van der Waals surface area contributed by atoms with Crippen LogP contribution in [0, 0.1) is 0 Å². The zero-order chi connectivity index (χ0) is 11.5. The van der Waals surface area contributed by atoms with E-state index >= 15 is 0 Å². The van der Waals surface area contributed by atoms with Crippen molar-refractivity contribution in [1.29, 1.82) is 0 Å². The monoisotopic (exact) mass is 229 g/mol. The van der Waals surface area contributed by atoms with Crippen molar-refractivity contribution < 1.29 is 27.5 Å². The maximum atomic E-state index is 11.7. The summed E-state index contributed by atoms with van der Waals surface area (Å²) < 4.78 is 45.5. The topological polar surface area (TPSA) is 39.7 Å². The fourth-order valence-electron chi connectivity index (χ4n) is 1.00. The first kappa shape index (κ1) is 12.7. The maximum absolute atomic E-state index is 11.7. The van der Waals surface area contributed by atoms with Gasteiger partial charge in [-0.25, -0.2) is 0 Å². The summed E-state index contributed by atoms with van der Waals surface area (Å²) in [5, 5.41) is 0. The third-order valence-corrected chi connectivity index (χ3v) is 1.75. The SMILES string of the molecule is CC1(C)OCC(NOCC(F)(F)F)CO1. The highest BCUT2D eigenvalue weighted by atomic mass is 19.4. The van der Waals surface area contributed by atoms with Crippen LogP contribution >= 0.6 is 0 Å². The molecule has 1 aliphatic heterocycles. The van der Waals surface area contributed by atoms with Crippen molar-refractivity contribution in [2.24, 2.45) is 0 Å².